The summed E-state index contributed by atoms with van der Waals surface area (Å²) in [4.78, 5) is 21.5. The van der Waals surface area contributed by atoms with Crippen LogP contribution >= 0.6 is 0 Å². The fraction of sp³-hybridized carbons (Fsp3) is 0.500. The molecule has 2 fully saturated rings. The third-order valence-electron chi connectivity index (χ3n) is 6.40. The molecule has 2 saturated heterocycles. The number of aryl methyl sites for hydroxylation is 2. The van der Waals surface area contributed by atoms with Crippen molar-refractivity contribution in [3.63, 3.8) is 0 Å². The molecule has 0 bridgehead atoms. The molecule has 1 spiro atoms. The SMILES string of the molecule is Cc1cccc(CN2CCCC3(CCN(C(=O)CCc4ccncc4)C3)C2)c1. The summed E-state index contributed by atoms with van der Waals surface area (Å²) < 4.78 is 0. The first-order valence-corrected chi connectivity index (χ1v) is 10.6. The summed E-state index contributed by atoms with van der Waals surface area (Å²) in [5.74, 6) is 0.310. The minimum Gasteiger partial charge on any atom is -0.342 e. The number of piperidine rings is 1. The number of carbonyl (C=O) groups excluding carboxylic acids is 1. The van der Waals surface area contributed by atoms with E-state index in [0.29, 0.717) is 17.7 Å². The van der Waals surface area contributed by atoms with Crippen molar-refractivity contribution in [1.29, 1.82) is 0 Å². The zero-order valence-electron chi connectivity index (χ0n) is 16.9. The lowest BCUT2D eigenvalue weighted by Crippen LogP contribution is -2.45. The summed E-state index contributed by atoms with van der Waals surface area (Å²) in [6, 6.07) is 12.9. The zero-order chi connectivity index (χ0) is 19.4. The first kappa shape index (κ1) is 19.1. The highest BCUT2D eigenvalue weighted by Gasteiger charge is 2.42. The molecule has 0 saturated carbocycles. The number of carbonyl (C=O) groups is 1. The van der Waals surface area contributed by atoms with Gasteiger partial charge in [0, 0.05) is 50.4 Å². The number of amides is 1. The van der Waals surface area contributed by atoms with E-state index in [0.717, 1.165) is 39.0 Å². The lowest BCUT2D eigenvalue weighted by molar-refractivity contribution is -0.130. The number of hydrogen-bond acceptors (Lipinski definition) is 3. The van der Waals surface area contributed by atoms with Crippen molar-refractivity contribution in [2.75, 3.05) is 26.2 Å². The number of hydrogen-bond donors (Lipinski definition) is 0. The van der Waals surface area contributed by atoms with E-state index in [1.54, 1.807) is 12.4 Å². The van der Waals surface area contributed by atoms with E-state index in [9.17, 15) is 4.79 Å². The minimum atomic E-state index is 0.300. The van der Waals surface area contributed by atoms with Gasteiger partial charge in [0.25, 0.3) is 0 Å². The highest BCUT2D eigenvalue weighted by Crippen LogP contribution is 2.39. The van der Waals surface area contributed by atoms with E-state index in [4.69, 9.17) is 0 Å². The van der Waals surface area contributed by atoms with Gasteiger partial charge in [-0.25, -0.2) is 0 Å². The second kappa shape index (κ2) is 8.44. The van der Waals surface area contributed by atoms with Crippen molar-refractivity contribution < 1.29 is 4.79 Å². The van der Waals surface area contributed by atoms with Crippen LogP contribution in [0.3, 0.4) is 0 Å². The molecule has 148 valence electrons. The number of likely N-dealkylation sites (tertiary alicyclic amines) is 2. The maximum atomic E-state index is 12.8. The molecule has 28 heavy (non-hydrogen) atoms. The first-order valence-electron chi connectivity index (χ1n) is 10.6. The van der Waals surface area contributed by atoms with E-state index < -0.39 is 0 Å². The summed E-state index contributed by atoms with van der Waals surface area (Å²) in [5.41, 5.74) is 4.23. The van der Waals surface area contributed by atoms with Crippen LogP contribution in [-0.4, -0.2) is 46.9 Å². The molecule has 0 radical (unpaired) electrons. The van der Waals surface area contributed by atoms with Gasteiger partial charge in [-0.1, -0.05) is 29.8 Å². The van der Waals surface area contributed by atoms with Crippen molar-refractivity contribution in [3.05, 3.63) is 65.5 Å². The first-order chi connectivity index (χ1) is 13.6. The lowest BCUT2D eigenvalue weighted by atomic mass is 9.79. The van der Waals surface area contributed by atoms with Crippen molar-refractivity contribution in [2.45, 2.75) is 45.6 Å². The predicted molar refractivity (Wildman–Crippen MR) is 112 cm³/mol. The van der Waals surface area contributed by atoms with Gasteiger partial charge < -0.3 is 4.90 Å². The molecular weight excluding hydrogens is 346 g/mol. The topological polar surface area (TPSA) is 36.4 Å². The Balaban J connectivity index is 1.32. The van der Waals surface area contributed by atoms with Crippen molar-refractivity contribution >= 4 is 5.91 Å². The van der Waals surface area contributed by atoms with Crippen molar-refractivity contribution in [3.8, 4) is 0 Å². The van der Waals surface area contributed by atoms with E-state index in [1.807, 2.05) is 12.1 Å². The van der Waals surface area contributed by atoms with Crippen LogP contribution in [0.4, 0.5) is 0 Å². The van der Waals surface area contributed by atoms with Gasteiger partial charge >= 0.3 is 0 Å². The molecule has 1 aromatic carbocycles. The molecule has 2 aromatic rings. The Morgan fingerprint density at radius 3 is 2.75 bits per heavy atom. The fourth-order valence-electron chi connectivity index (χ4n) is 4.95. The fourth-order valence-corrected chi connectivity index (χ4v) is 4.95. The third-order valence-corrected chi connectivity index (χ3v) is 6.40. The van der Waals surface area contributed by atoms with Gasteiger partial charge in [-0.05, 0) is 62.4 Å². The normalized spacial score (nSPS) is 22.7. The van der Waals surface area contributed by atoms with E-state index in [1.165, 1.54) is 36.1 Å². The molecule has 1 unspecified atom stereocenters. The molecular formula is C24H31N3O. The Bertz CT molecular complexity index is 807. The number of benzene rings is 1. The van der Waals surface area contributed by atoms with Gasteiger partial charge in [0.15, 0.2) is 0 Å². The molecule has 0 N–H and O–H groups in total. The van der Waals surface area contributed by atoms with Gasteiger partial charge in [-0.2, -0.15) is 0 Å². The highest BCUT2D eigenvalue weighted by molar-refractivity contribution is 5.76. The van der Waals surface area contributed by atoms with Crippen LogP contribution in [0.25, 0.3) is 0 Å². The van der Waals surface area contributed by atoms with Crippen LogP contribution in [0, 0.1) is 12.3 Å². The maximum Gasteiger partial charge on any atom is 0.222 e. The third kappa shape index (κ3) is 4.61. The Hall–Kier alpha value is -2.20. The molecule has 1 atom stereocenters. The van der Waals surface area contributed by atoms with E-state index in [-0.39, 0.29) is 0 Å². The van der Waals surface area contributed by atoms with Crippen molar-refractivity contribution in [1.82, 2.24) is 14.8 Å². The Morgan fingerprint density at radius 1 is 1.07 bits per heavy atom. The van der Waals surface area contributed by atoms with Gasteiger partial charge in [0.05, 0.1) is 0 Å². The second-order valence-corrected chi connectivity index (χ2v) is 8.72. The molecule has 4 rings (SSSR count). The van der Waals surface area contributed by atoms with E-state index in [2.05, 4.69) is 46.0 Å². The minimum absolute atomic E-state index is 0.300. The molecule has 4 heteroatoms. The molecule has 1 amide bonds. The van der Waals surface area contributed by atoms with Gasteiger partial charge in [0.1, 0.15) is 0 Å². The maximum absolute atomic E-state index is 12.8. The number of pyridine rings is 1. The average molecular weight is 378 g/mol. The van der Waals surface area contributed by atoms with Crippen LogP contribution in [0.2, 0.25) is 0 Å². The van der Waals surface area contributed by atoms with Crippen LogP contribution < -0.4 is 0 Å². The summed E-state index contributed by atoms with van der Waals surface area (Å²) in [7, 11) is 0. The average Bonchev–Trinajstić information content (AvgIpc) is 3.10. The van der Waals surface area contributed by atoms with E-state index >= 15 is 0 Å². The molecule has 3 heterocycles. The van der Waals surface area contributed by atoms with Crippen LogP contribution in [0.15, 0.2) is 48.8 Å². The second-order valence-electron chi connectivity index (χ2n) is 8.72. The van der Waals surface area contributed by atoms with Crippen molar-refractivity contribution in [2.24, 2.45) is 5.41 Å². The molecule has 2 aliphatic heterocycles. The Morgan fingerprint density at radius 2 is 1.93 bits per heavy atom. The van der Waals surface area contributed by atoms with Gasteiger partial charge in [-0.15, -0.1) is 0 Å². The largest absolute Gasteiger partial charge is 0.342 e. The molecule has 1 aromatic heterocycles. The smallest absolute Gasteiger partial charge is 0.222 e. The van der Waals surface area contributed by atoms with Crippen LogP contribution in [0.5, 0.6) is 0 Å². The lowest BCUT2D eigenvalue weighted by Gasteiger charge is -2.40. The van der Waals surface area contributed by atoms with Gasteiger partial charge in [-0.3, -0.25) is 14.7 Å². The zero-order valence-corrected chi connectivity index (χ0v) is 16.9. The number of rotatable bonds is 5. The highest BCUT2D eigenvalue weighted by atomic mass is 16.2. The monoisotopic (exact) mass is 377 g/mol. The molecule has 0 aliphatic carbocycles. The molecule has 4 nitrogen and oxygen atoms in total. The molecule has 2 aliphatic rings. The number of nitrogens with zero attached hydrogens (tertiary/aromatic N) is 3. The Kier molecular flexibility index (Phi) is 5.77. The summed E-state index contributed by atoms with van der Waals surface area (Å²) in [6.07, 6.45) is 8.66. The van der Waals surface area contributed by atoms with Crippen LogP contribution in [-0.2, 0) is 17.8 Å². The predicted octanol–water partition coefficient (Wildman–Crippen LogP) is 3.84. The van der Waals surface area contributed by atoms with Crippen LogP contribution in [0.1, 0.15) is 42.4 Å². The summed E-state index contributed by atoms with van der Waals surface area (Å²) in [5, 5.41) is 0. The number of aromatic nitrogens is 1. The summed E-state index contributed by atoms with van der Waals surface area (Å²) >= 11 is 0. The quantitative estimate of drug-likeness (QED) is 0.794. The standard InChI is InChI=1S/C24H31N3O/c1-20-4-2-5-22(16-20)17-26-14-3-10-24(18-26)11-15-27(19-24)23(28)7-6-21-8-12-25-13-9-21/h2,4-5,8-9,12-13,16H,3,6-7,10-11,14-15,17-19H2,1H3. The summed E-state index contributed by atoms with van der Waals surface area (Å²) in [6.45, 7) is 7.34. The van der Waals surface area contributed by atoms with Gasteiger partial charge in [0.2, 0.25) is 5.91 Å². The Labute approximate surface area is 168 Å².